The summed E-state index contributed by atoms with van der Waals surface area (Å²) in [5.74, 6) is 1.30. The van der Waals surface area contributed by atoms with E-state index >= 15 is 0 Å². The molecule has 1 aliphatic heterocycles. The molecule has 1 heterocycles. The lowest BCUT2D eigenvalue weighted by Gasteiger charge is -2.32. The number of aliphatic carboxylic acids is 1. The first kappa shape index (κ1) is 10.6. The molecule has 0 aromatic rings. The van der Waals surface area contributed by atoms with Crippen LogP contribution in [0.1, 0.15) is 26.2 Å². The quantitative estimate of drug-likeness (QED) is 0.711. The molecule has 0 radical (unpaired) electrons. The summed E-state index contributed by atoms with van der Waals surface area (Å²) in [6.07, 6.45) is 2.22. The number of thioether (sulfide) groups is 1. The highest BCUT2D eigenvalue weighted by Gasteiger charge is 2.39. The molecule has 0 unspecified atom stereocenters. The Morgan fingerprint density at radius 2 is 2.08 bits per heavy atom. The van der Waals surface area contributed by atoms with Gasteiger partial charge in [-0.15, -0.1) is 6.58 Å². The van der Waals surface area contributed by atoms with E-state index in [1.54, 1.807) is 0 Å². The lowest BCUT2D eigenvalue weighted by atomic mass is 9.77. The molecule has 2 nitrogen and oxygen atoms in total. The van der Waals surface area contributed by atoms with Crippen molar-refractivity contribution in [1.29, 1.82) is 0 Å². The summed E-state index contributed by atoms with van der Waals surface area (Å²) < 4.78 is 0. The summed E-state index contributed by atoms with van der Waals surface area (Å²) in [6, 6.07) is 0. The molecule has 0 amide bonds. The zero-order valence-electron chi connectivity index (χ0n) is 8.01. The summed E-state index contributed by atoms with van der Waals surface area (Å²) in [5, 5.41) is 9.19. The van der Waals surface area contributed by atoms with Gasteiger partial charge < -0.3 is 5.11 Å². The molecule has 0 bridgehead atoms. The van der Waals surface area contributed by atoms with Gasteiger partial charge in [-0.3, -0.25) is 4.79 Å². The van der Waals surface area contributed by atoms with Crippen molar-refractivity contribution in [2.24, 2.45) is 5.41 Å². The van der Waals surface area contributed by atoms with Crippen LogP contribution in [0.4, 0.5) is 0 Å². The second-order valence-electron chi connectivity index (χ2n) is 3.83. The topological polar surface area (TPSA) is 37.3 Å². The lowest BCUT2D eigenvalue weighted by Crippen LogP contribution is -2.35. The Bertz CT molecular complexity index is 217. The monoisotopic (exact) mass is 200 g/mol. The smallest absolute Gasteiger partial charge is 0.310 e. The number of hydrogen-bond acceptors (Lipinski definition) is 2. The Hall–Kier alpha value is -0.440. The molecule has 0 atom stereocenters. The number of allylic oxidation sites excluding steroid dienone is 1. The number of carbonyl (C=O) groups is 1. The second kappa shape index (κ2) is 4.18. The van der Waals surface area contributed by atoms with Crippen LogP contribution in [-0.2, 0) is 4.79 Å². The first-order chi connectivity index (χ1) is 6.07. The van der Waals surface area contributed by atoms with Crippen LogP contribution in [0.2, 0.25) is 0 Å². The zero-order valence-corrected chi connectivity index (χ0v) is 8.82. The van der Waals surface area contributed by atoms with Gasteiger partial charge in [0.2, 0.25) is 0 Å². The molecule has 0 saturated carbocycles. The van der Waals surface area contributed by atoms with E-state index in [2.05, 4.69) is 6.58 Å². The molecule has 1 saturated heterocycles. The van der Waals surface area contributed by atoms with Crippen molar-refractivity contribution in [3.8, 4) is 0 Å². The Morgan fingerprint density at radius 1 is 1.54 bits per heavy atom. The van der Waals surface area contributed by atoms with E-state index in [9.17, 15) is 9.90 Å². The van der Waals surface area contributed by atoms with Crippen LogP contribution in [0.25, 0.3) is 0 Å². The van der Waals surface area contributed by atoms with Crippen LogP contribution in [0, 0.1) is 5.41 Å². The maximum absolute atomic E-state index is 11.2. The van der Waals surface area contributed by atoms with Crippen molar-refractivity contribution in [1.82, 2.24) is 0 Å². The summed E-state index contributed by atoms with van der Waals surface area (Å²) in [5.41, 5.74) is 0.478. The first-order valence-corrected chi connectivity index (χ1v) is 5.68. The molecule has 0 spiro atoms. The Morgan fingerprint density at radius 3 is 2.46 bits per heavy atom. The van der Waals surface area contributed by atoms with Gasteiger partial charge in [0.15, 0.2) is 0 Å². The van der Waals surface area contributed by atoms with Gasteiger partial charge >= 0.3 is 5.97 Å². The van der Waals surface area contributed by atoms with Crippen molar-refractivity contribution in [3.63, 3.8) is 0 Å². The standard InChI is InChI=1S/C10H16O2S/c1-8(2)7-10(9(11)12)3-5-13-6-4-10/h1,3-7H2,2H3,(H,11,12). The molecular formula is C10H16O2S. The summed E-state index contributed by atoms with van der Waals surface area (Å²) in [7, 11) is 0. The predicted octanol–water partition coefficient (Wildman–Crippen LogP) is 2.55. The molecule has 1 rings (SSSR count). The van der Waals surface area contributed by atoms with E-state index in [0.29, 0.717) is 6.42 Å². The molecule has 13 heavy (non-hydrogen) atoms. The van der Waals surface area contributed by atoms with Gasteiger partial charge in [0.1, 0.15) is 0 Å². The van der Waals surface area contributed by atoms with Crippen molar-refractivity contribution >= 4 is 17.7 Å². The third-order valence-electron chi connectivity index (χ3n) is 2.54. The van der Waals surface area contributed by atoms with Crippen LogP contribution in [-0.4, -0.2) is 22.6 Å². The third-order valence-corrected chi connectivity index (χ3v) is 3.53. The number of hydrogen-bond donors (Lipinski definition) is 1. The minimum Gasteiger partial charge on any atom is -0.481 e. The fourth-order valence-electron chi connectivity index (χ4n) is 1.81. The van der Waals surface area contributed by atoms with E-state index in [1.165, 1.54) is 0 Å². The second-order valence-corrected chi connectivity index (χ2v) is 5.06. The van der Waals surface area contributed by atoms with Crippen molar-refractivity contribution in [3.05, 3.63) is 12.2 Å². The molecule has 1 N–H and O–H groups in total. The van der Waals surface area contributed by atoms with Crippen LogP contribution in [0.5, 0.6) is 0 Å². The summed E-state index contributed by atoms with van der Waals surface area (Å²) >= 11 is 1.85. The fraction of sp³-hybridized carbons (Fsp3) is 0.700. The molecule has 1 aliphatic rings. The number of carboxylic acids is 1. The van der Waals surface area contributed by atoms with Gasteiger partial charge in [-0.1, -0.05) is 5.57 Å². The van der Waals surface area contributed by atoms with Crippen LogP contribution in [0.3, 0.4) is 0 Å². The average molecular weight is 200 g/mol. The molecular weight excluding hydrogens is 184 g/mol. The number of carboxylic acid groups (broad SMARTS) is 1. The summed E-state index contributed by atoms with van der Waals surface area (Å²) in [4.78, 5) is 11.2. The van der Waals surface area contributed by atoms with Crippen molar-refractivity contribution in [2.45, 2.75) is 26.2 Å². The number of rotatable bonds is 3. The van der Waals surface area contributed by atoms with Gasteiger partial charge in [0.05, 0.1) is 5.41 Å². The predicted molar refractivity (Wildman–Crippen MR) is 56.1 cm³/mol. The Labute approximate surface area is 83.4 Å². The van der Waals surface area contributed by atoms with Gasteiger partial charge in [-0.2, -0.15) is 11.8 Å². The van der Waals surface area contributed by atoms with Crippen molar-refractivity contribution in [2.75, 3.05) is 11.5 Å². The van der Waals surface area contributed by atoms with Gasteiger partial charge in [-0.25, -0.2) is 0 Å². The first-order valence-electron chi connectivity index (χ1n) is 4.52. The molecule has 0 aromatic carbocycles. The van der Waals surface area contributed by atoms with Gasteiger partial charge in [0.25, 0.3) is 0 Å². The lowest BCUT2D eigenvalue weighted by molar-refractivity contribution is -0.149. The highest BCUT2D eigenvalue weighted by Crippen LogP contribution is 2.40. The normalized spacial score (nSPS) is 21.0. The van der Waals surface area contributed by atoms with Gasteiger partial charge in [0, 0.05) is 0 Å². The maximum Gasteiger partial charge on any atom is 0.310 e. The van der Waals surface area contributed by atoms with Crippen LogP contribution < -0.4 is 0 Å². The van der Waals surface area contributed by atoms with Crippen LogP contribution in [0.15, 0.2) is 12.2 Å². The van der Waals surface area contributed by atoms with E-state index in [-0.39, 0.29) is 0 Å². The highest BCUT2D eigenvalue weighted by atomic mass is 32.2. The van der Waals surface area contributed by atoms with Crippen molar-refractivity contribution < 1.29 is 9.90 Å². The van der Waals surface area contributed by atoms with E-state index < -0.39 is 11.4 Å². The molecule has 3 heteroatoms. The maximum atomic E-state index is 11.2. The molecule has 1 fully saturated rings. The summed E-state index contributed by atoms with van der Waals surface area (Å²) in [6.45, 7) is 5.72. The van der Waals surface area contributed by atoms with E-state index in [1.807, 2.05) is 18.7 Å². The molecule has 0 aromatic heterocycles. The minimum atomic E-state index is -0.643. The van der Waals surface area contributed by atoms with Gasteiger partial charge in [-0.05, 0) is 37.7 Å². The Kier molecular flexibility index (Phi) is 3.42. The highest BCUT2D eigenvalue weighted by molar-refractivity contribution is 7.99. The minimum absolute atomic E-state index is 0.503. The SMILES string of the molecule is C=C(C)CC1(C(=O)O)CCSCC1. The molecule has 0 aliphatic carbocycles. The fourth-order valence-corrected chi connectivity index (χ4v) is 3.08. The van der Waals surface area contributed by atoms with E-state index in [0.717, 1.165) is 29.9 Å². The average Bonchev–Trinajstić information content (AvgIpc) is 2.04. The van der Waals surface area contributed by atoms with E-state index in [4.69, 9.17) is 0 Å². The third kappa shape index (κ3) is 2.50. The largest absolute Gasteiger partial charge is 0.481 e. The zero-order chi connectivity index (χ0) is 9.90. The van der Waals surface area contributed by atoms with Crippen LogP contribution >= 0.6 is 11.8 Å². The molecule has 74 valence electrons. The Balaban J connectivity index is 2.73.